The summed E-state index contributed by atoms with van der Waals surface area (Å²) in [4.78, 5) is 13.5. The van der Waals surface area contributed by atoms with Gasteiger partial charge in [0.05, 0.1) is 4.47 Å². The van der Waals surface area contributed by atoms with Crippen LogP contribution < -0.4 is 0 Å². The molecule has 0 aliphatic heterocycles. The van der Waals surface area contributed by atoms with Gasteiger partial charge in [-0.25, -0.2) is 13.2 Å². The second kappa shape index (κ2) is 6.30. The Balaban J connectivity index is 2.15. The van der Waals surface area contributed by atoms with E-state index in [0.717, 1.165) is 12.1 Å². The normalized spacial score (nSPS) is 10.5. The number of amides is 1. The maximum absolute atomic E-state index is 13.1. The largest absolute Gasteiger partial charge is 0.337 e. The summed E-state index contributed by atoms with van der Waals surface area (Å²) >= 11 is 3.01. The van der Waals surface area contributed by atoms with Gasteiger partial charge in [-0.05, 0) is 51.8 Å². The third kappa shape index (κ3) is 3.64. The molecule has 0 aliphatic rings. The van der Waals surface area contributed by atoms with Gasteiger partial charge in [-0.15, -0.1) is 0 Å². The van der Waals surface area contributed by atoms with E-state index in [0.29, 0.717) is 11.1 Å². The van der Waals surface area contributed by atoms with Gasteiger partial charge in [-0.2, -0.15) is 0 Å². The van der Waals surface area contributed by atoms with Gasteiger partial charge in [-0.1, -0.05) is 6.07 Å². The third-order valence-electron chi connectivity index (χ3n) is 2.92. The predicted octanol–water partition coefficient (Wildman–Crippen LogP) is 4.14. The molecular weight excluding hydrogens is 347 g/mol. The molecular formula is C15H11BrF3NO. The highest BCUT2D eigenvalue weighted by atomic mass is 79.9. The van der Waals surface area contributed by atoms with Crippen LogP contribution in [0.5, 0.6) is 0 Å². The van der Waals surface area contributed by atoms with Gasteiger partial charge in [0.1, 0.15) is 5.82 Å². The molecule has 1 amide bonds. The standard InChI is InChI=1S/C15H11BrF3NO/c1-20(8-9-2-4-13(18)14(19)6-9)15(21)10-3-5-12(17)11(16)7-10/h2-7H,8H2,1H3. The molecule has 0 bridgehead atoms. The fraction of sp³-hybridized carbons (Fsp3) is 0.133. The van der Waals surface area contributed by atoms with E-state index in [-0.39, 0.29) is 16.9 Å². The Hall–Kier alpha value is -1.82. The van der Waals surface area contributed by atoms with E-state index in [1.54, 1.807) is 0 Å². The molecule has 0 N–H and O–H groups in total. The van der Waals surface area contributed by atoms with Crippen molar-refractivity contribution in [3.63, 3.8) is 0 Å². The van der Waals surface area contributed by atoms with Crippen LogP contribution in [0.3, 0.4) is 0 Å². The van der Waals surface area contributed by atoms with E-state index in [9.17, 15) is 18.0 Å². The molecule has 0 radical (unpaired) electrons. The topological polar surface area (TPSA) is 20.3 Å². The van der Waals surface area contributed by atoms with E-state index in [1.807, 2.05) is 0 Å². The second-order valence-corrected chi connectivity index (χ2v) is 5.39. The minimum Gasteiger partial charge on any atom is -0.337 e. The van der Waals surface area contributed by atoms with Crippen LogP contribution in [0.2, 0.25) is 0 Å². The number of carbonyl (C=O) groups excluding carboxylic acids is 1. The van der Waals surface area contributed by atoms with E-state index in [2.05, 4.69) is 15.9 Å². The lowest BCUT2D eigenvalue weighted by Crippen LogP contribution is -2.26. The Morgan fingerprint density at radius 3 is 2.33 bits per heavy atom. The Labute approximate surface area is 128 Å². The monoisotopic (exact) mass is 357 g/mol. The zero-order valence-corrected chi connectivity index (χ0v) is 12.6. The highest BCUT2D eigenvalue weighted by molar-refractivity contribution is 9.10. The number of halogens is 4. The molecule has 0 saturated carbocycles. The van der Waals surface area contributed by atoms with Crippen LogP contribution in [-0.2, 0) is 6.54 Å². The van der Waals surface area contributed by atoms with Crippen molar-refractivity contribution >= 4 is 21.8 Å². The van der Waals surface area contributed by atoms with Crippen molar-refractivity contribution in [3.05, 3.63) is 69.4 Å². The zero-order valence-electron chi connectivity index (χ0n) is 11.0. The van der Waals surface area contributed by atoms with Crippen molar-refractivity contribution in [2.75, 3.05) is 7.05 Å². The minimum atomic E-state index is -0.960. The van der Waals surface area contributed by atoms with E-state index in [4.69, 9.17) is 0 Å². The van der Waals surface area contributed by atoms with Crippen LogP contribution in [-0.4, -0.2) is 17.9 Å². The average Bonchev–Trinajstić information content (AvgIpc) is 2.45. The second-order valence-electron chi connectivity index (χ2n) is 4.54. The lowest BCUT2D eigenvalue weighted by atomic mass is 10.1. The first-order valence-electron chi connectivity index (χ1n) is 6.03. The molecule has 0 spiro atoms. The first-order valence-corrected chi connectivity index (χ1v) is 6.82. The van der Waals surface area contributed by atoms with Crippen molar-refractivity contribution in [3.8, 4) is 0 Å². The maximum atomic E-state index is 13.1. The average molecular weight is 358 g/mol. The predicted molar refractivity (Wildman–Crippen MR) is 76.3 cm³/mol. The van der Waals surface area contributed by atoms with Crippen LogP contribution in [0.1, 0.15) is 15.9 Å². The van der Waals surface area contributed by atoms with Gasteiger partial charge >= 0.3 is 0 Å². The molecule has 0 saturated heterocycles. The first kappa shape index (κ1) is 15.6. The Bertz CT molecular complexity index is 691. The number of hydrogen-bond donors (Lipinski definition) is 0. The lowest BCUT2D eigenvalue weighted by molar-refractivity contribution is 0.0785. The number of benzene rings is 2. The zero-order chi connectivity index (χ0) is 15.6. The molecule has 2 aromatic carbocycles. The van der Waals surface area contributed by atoms with Crippen molar-refractivity contribution in [1.82, 2.24) is 4.90 Å². The van der Waals surface area contributed by atoms with Crippen molar-refractivity contribution < 1.29 is 18.0 Å². The third-order valence-corrected chi connectivity index (χ3v) is 3.52. The van der Waals surface area contributed by atoms with E-state index >= 15 is 0 Å². The van der Waals surface area contributed by atoms with Gasteiger partial charge in [-0.3, -0.25) is 4.79 Å². The van der Waals surface area contributed by atoms with Gasteiger partial charge in [0.15, 0.2) is 11.6 Å². The molecule has 110 valence electrons. The van der Waals surface area contributed by atoms with Crippen LogP contribution in [0.4, 0.5) is 13.2 Å². The Kier molecular flexibility index (Phi) is 4.67. The summed E-state index contributed by atoms with van der Waals surface area (Å²) < 4.78 is 39.3. The maximum Gasteiger partial charge on any atom is 0.253 e. The van der Waals surface area contributed by atoms with Crippen LogP contribution in [0.25, 0.3) is 0 Å². The van der Waals surface area contributed by atoms with Gasteiger partial charge in [0.25, 0.3) is 5.91 Å². The molecule has 0 heterocycles. The fourth-order valence-corrected chi connectivity index (χ4v) is 2.21. The molecule has 0 unspecified atom stereocenters. The number of nitrogens with zero attached hydrogens (tertiary/aromatic N) is 1. The molecule has 0 aliphatic carbocycles. The minimum absolute atomic E-state index is 0.116. The summed E-state index contributed by atoms with van der Waals surface area (Å²) in [7, 11) is 1.53. The Morgan fingerprint density at radius 2 is 1.71 bits per heavy atom. The molecule has 6 heteroatoms. The van der Waals surface area contributed by atoms with Crippen molar-refractivity contribution in [1.29, 1.82) is 0 Å². The van der Waals surface area contributed by atoms with Crippen LogP contribution in [0, 0.1) is 17.5 Å². The molecule has 2 rings (SSSR count). The van der Waals surface area contributed by atoms with Gasteiger partial charge in [0, 0.05) is 19.2 Å². The highest BCUT2D eigenvalue weighted by Gasteiger charge is 2.14. The van der Waals surface area contributed by atoms with Crippen molar-refractivity contribution in [2.24, 2.45) is 0 Å². The summed E-state index contributed by atoms with van der Waals surface area (Å²) in [5.74, 6) is -2.71. The highest BCUT2D eigenvalue weighted by Crippen LogP contribution is 2.18. The van der Waals surface area contributed by atoms with Crippen LogP contribution in [0.15, 0.2) is 40.9 Å². The van der Waals surface area contributed by atoms with Gasteiger partial charge < -0.3 is 4.90 Å². The molecule has 0 fully saturated rings. The van der Waals surface area contributed by atoms with Crippen LogP contribution >= 0.6 is 15.9 Å². The smallest absolute Gasteiger partial charge is 0.253 e. The number of hydrogen-bond acceptors (Lipinski definition) is 1. The van der Waals surface area contributed by atoms with E-state index in [1.165, 1.54) is 36.2 Å². The molecule has 0 atom stereocenters. The summed E-state index contributed by atoms with van der Waals surface area (Å²) in [5, 5.41) is 0. The molecule has 2 nitrogen and oxygen atoms in total. The SMILES string of the molecule is CN(Cc1ccc(F)c(F)c1)C(=O)c1ccc(F)c(Br)c1. The molecule has 2 aromatic rings. The molecule has 0 aromatic heterocycles. The summed E-state index contributed by atoms with van der Waals surface area (Å²) in [5.41, 5.74) is 0.763. The van der Waals surface area contributed by atoms with E-state index < -0.39 is 17.5 Å². The number of rotatable bonds is 3. The number of carbonyl (C=O) groups is 1. The summed E-state index contributed by atoms with van der Waals surface area (Å²) in [6.45, 7) is 0.116. The first-order chi connectivity index (χ1) is 9.88. The fourth-order valence-electron chi connectivity index (χ4n) is 1.83. The molecule has 21 heavy (non-hydrogen) atoms. The summed E-state index contributed by atoms with van der Waals surface area (Å²) in [6.07, 6.45) is 0. The quantitative estimate of drug-likeness (QED) is 0.808. The Morgan fingerprint density at radius 1 is 1.05 bits per heavy atom. The summed E-state index contributed by atoms with van der Waals surface area (Å²) in [6, 6.07) is 7.38. The van der Waals surface area contributed by atoms with Gasteiger partial charge in [0.2, 0.25) is 0 Å². The lowest BCUT2D eigenvalue weighted by Gasteiger charge is -2.17. The van der Waals surface area contributed by atoms with Crippen molar-refractivity contribution in [2.45, 2.75) is 6.54 Å².